The molecule has 0 spiro atoms. The van der Waals surface area contributed by atoms with Crippen LogP contribution >= 0.6 is 15.9 Å². The van der Waals surface area contributed by atoms with E-state index < -0.39 is 17.7 Å². The van der Waals surface area contributed by atoms with Gasteiger partial charge in [0.2, 0.25) is 0 Å². The number of likely N-dealkylation sites (tertiary alicyclic amines) is 1. The number of hydrogen-bond acceptors (Lipinski definition) is 6. The monoisotopic (exact) mass is 525 g/mol. The van der Waals surface area contributed by atoms with Crippen LogP contribution in [0.1, 0.15) is 23.6 Å². The quantitative estimate of drug-likeness (QED) is 0.269. The lowest BCUT2D eigenvalue weighted by atomic mass is 9.95. The van der Waals surface area contributed by atoms with E-state index >= 15 is 0 Å². The summed E-state index contributed by atoms with van der Waals surface area (Å²) in [5.41, 5.74) is 1.13. The van der Waals surface area contributed by atoms with Gasteiger partial charge >= 0.3 is 0 Å². The Hall–Kier alpha value is -3.59. The topological polar surface area (TPSA) is 93.9 Å². The molecule has 34 heavy (non-hydrogen) atoms. The second-order valence-corrected chi connectivity index (χ2v) is 8.68. The van der Waals surface area contributed by atoms with E-state index in [2.05, 4.69) is 20.9 Å². The number of nitrogens with zero attached hydrogens (tertiary/aromatic N) is 3. The van der Waals surface area contributed by atoms with Crippen LogP contribution in [0.5, 0.6) is 11.5 Å². The molecule has 1 fully saturated rings. The number of aliphatic hydroxyl groups excluding tert-OH is 1. The number of Topliss-reactive ketones (excluding diaryl/α,β-unsaturated/α-hetero) is 1. The molecule has 1 amide bonds. The third kappa shape index (κ3) is 4.56. The predicted octanol–water partition coefficient (Wildman–Crippen LogP) is 4.17. The van der Waals surface area contributed by atoms with Gasteiger partial charge in [-0.05, 0) is 36.2 Å². The van der Waals surface area contributed by atoms with Crippen molar-refractivity contribution in [3.63, 3.8) is 0 Å². The Labute approximate surface area is 205 Å². The Balaban J connectivity index is 1.77. The molecule has 1 N–H and O–H groups in total. The summed E-state index contributed by atoms with van der Waals surface area (Å²) in [6.07, 6.45) is 5.83. The molecule has 4 rings (SSSR count). The number of carbonyl (C=O) groups excluding carboxylic acids is 2. The first-order valence-corrected chi connectivity index (χ1v) is 11.5. The standard InChI is InChI=1S/C25H24BrN3O5/c1-33-19-9-6-17(14-20(19)34-2)22-21(23(30)16-4-7-18(26)8-5-16)24(31)25(32)29(22)12-3-11-28-13-10-27-15-28/h4-10,13-15,22,30H,3,11-12H2,1-2H3/t22-/m1/s1. The number of rotatable bonds is 8. The van der Waals surface area contributed by atoms with Crippen molar-refractivity contribution < 1.29 is 24.2 Å². The number of ketones is 1. The third-order valence-electron chi connectivity index (χ3n) is 5.76. The Morgan fingerprint density at radius 1 is 1.06 bits per heavy atom. The second kappa shape index (κ2) is 10.1. The zero-order valence-corrected chi connectivity index (χ0v) is 20.4. The fourth-order valence-electron chi connectivity index (χ4n) is 4.09. The van der Waals surface area contributed by atoms with Crippen LogP contribution in [0, 0.1) is 0 Å². The highest BCUT2D eigenvalue weighted by molar-refractivity contribution is 9.10. The molecule has 0 aliphatic carbocycles. The van der Waals surface area contributed by atoms with Crippen LogP contribution in [0.25, 0.3) is 5.76 Å². The van der Waals surface area contributed by atoms with Crippen molar-refractivity contribution in [3.8, 4) is 11.5 Å². The lowest BCUT2D eigenvalue weighted by Crippen LogP contribution is -2.31. The molecule has 0 bridgehead atoms. The van der Waals surface area contributed by atoms with Gasteiger partial charge in [-0.25, -0.2) is 4.98 Å². The summed E-state index contributed by atoms with van der Waals surface area (Å²) in [5, 5.41) is 11.1. The first-order valence-electron chi connectivity index (χ1n) is 10.7. The predicted molar refractivity (Wildman–Crippen MR) is 130 cm³/mol. The SMILES string of the molecule is COc1ccc([C@@H]2C(=C(O)c3ccc(Br)cc3)C(=O)C(=O)N2CCCn2ccnc2)cc1OC. The minimum atomic E-state index is -0.772. The highest BCUT2D eigenvalue weighted by atomic mass is 79.9. The van der Waals surface area contributed by atoms with E-state index in [-0.39, 0.29) is 11.3 Å². The number of halogens is 1. The van der Waals surface area contributed by atoms with Gasteiger partial charge in [0.05, 0.1) is 32.2 Å². The van der Waals surface area contributed by atoms with Crippen molar-refractivity contribution in [1.29, 1.82) is 0 Å². The Bertz CT molecular complexity index is 1220. The van der Waals surface area contributed by atoms with Crippen LogP contribution in [0.2, 0.25) is 0 Å². The summed E-state index contributed by atoms with van der Waals surface area (Å²) in [4.78, 5) is 31.8. The van der Waals surface area contributed by atoms with Gasteiger partial charge in [0.25, 0.3) is 11.7 Å². The molecule has 8 nitrogen and oxygen atoms in total. The van der Waals surface area contributed by atoms with E-state index in [1.54, 1.807) is 55.0 Å². The Morgan fingerprint density at radius 2 is 1.79 bits per heavy atom. The van der Waals surface area contributed by atoms with Crippen molar-refractivity contribution in [2.45, 2.75) is 19.0 Å². The van der Waals surface area contributed by atoms with Crippen LogP contribution in [0.15, 0.2) is 71.2 Å². The van der Waals surface area contributed by atoms with E-state index in [0.717, 1.165) is 4.47 Å². The van der Waals surface area contributed by atoms with E-state index in [4.69, 9.17) is 9.47 Å². The molecule has 1 aliphatic rings. The van der Waals surface area contributed by atoms with Crippen molar-refractivity contribution >= 4 is 33.4 Å². The van der Waals surface area contributed by atoms with Gasteiger partial charge < -0.3 is 24.0 Å². The number of aromatic nitrogens is 2. The van der Waals surface area contributed by atoms with Gasteiger partial charge in [-0.2, -0.15) is 0 Å². The van der Waals surface area contributed by atoms with E-state index in [1.807, 2.05) is 10.8 Å². The zero-order valence-electron chi connectivity index (χ0n) is 18.8. The Morgan fingerprint density at radius 3 is 2.44 bits per heavy atom. The summed E-state index contributed by atoms with van der Waals surface area (Å²) in [6, 6.07) is 11.4. The van der Waals surface area contributed by atoms with Crippen molar-refractivity contribution in [2.24, 2.45) is 0 Å². The van der Waals surface area contributed by atoms with Crippen LogP contribution in [0.3, 0.4) is 0 Å². The molecule has 0 unspecified atom stereocenters. The van der Waals surface area contributed by atoms with E-state index in [9.17, 15) is 14.7 Å². The number of methoxy groups -OCH3 is 2. The van der Waals surface area contributed by atoms with Gasteiger partial charge in [-0.3, -0.25) is 9.59 Å². The number of amides is 1. The Kier molecular flexibility index (Phi) is 7.02. The largest absolute Gasteiger partial charge is 0.507 e. The van der Waals surface area contributed by atoms with Gasteiger partial charge in [0.1, 0.15) is 5.76 Å². The number of aliphatic hydroxyl groups is 1. The molecule has 3 aromatic rings. The maximum atomic E-state index is 13.2. The van der Waals surface area contributed by atoms with Gasteiger partial charge in [-0.1, -0.05) is 34.1 Å². The number of imidazole rings is 1. The second-order valence-electron chi connectivity index (χ2n) is 7.77. The molecule has 2 heterocycles. The molecule has 9 heteroatoms. The van der Waals surface area contributed by atoms with Crippen LogP contribution < -0.4 is 9.47 Å². The molecule has 176 valence electrons. The molecule has 0 radical (unpaired) electrons. The zero-order chi connectivity index (χ0) is 24.2. The van der Waals surface area contributed by atoms with E-state index in [0.29, 0.717) is 42.1 Å². The molecule has 2 aromatic carbocycles. The molecule has 1 atom stereocenters. The molecule has 1 aromatic heterocycles. The highest BCUT2D eigenvalue weighted by Gasteiger charge is 2.46. The summed E-state index contributed by atoms with van der Waals surface area (Å²) in [7, 11) is 3.05. The lowest BCUT2D eigenvalue weighted by Gasteiger charge is -2.26. The molecule has 0 saturated carbocycles. The molecule has 1 aliphatic heterocycles. The molecular weight excluding hydrogens is 502 g/mol. The highest BCUT2D eigenvalue weighted by Crippen LogP contribution is 2.42. The summed E-state index contributed by atoms with van der Waals surface area (Å²) >= 11 is 3.37. The fraction of sp³-hybridized carbons (Fsp3) is 0.240. The normalized spacial score (nSPS) is 17.3. The van der Waals surface area contributed by atoms with Crippen LogP contribution in [-0.4, -0.2) is 52.0 Å². The number of carbonyl (C=O) groups is 2. The van der Waals surface area contributed by atoms with Crippen molar-refractivity contribution in [3.05, 3.63) is 82.4 Å². The van der Waals surface area contributed by atoms with Crippen LogP contribution in [0.4, 0.5) is 0 Å². The fourth-order valence-corrected chi connectivity index (χ4v) is 4.35. The van der Waals surface area contributed by atoms with E-state index in [1.165, 1.54) is 19.1 Å². The number of ether oxygens (including phenoxy) is 2. The van der Waals surface area contributed by atoms with Crippen LogP contribution in [-0.2, 0) is 16.1 Å². The van der Waals surface area contributed by atoms with Gasteiger partial charge in [0, 0.05) is 35.5 Å². The maximum absolute atomic E-state index is 13.2. The number of benzene rings is 2. The smallest absolute Gasteiger partial charge is 0.295 e. The number of aryl methyl sites for hydroxylation is 1. The minimum Gasteiger partial charge on any atom is -0.507 e. The average Bonchev–Trinajstić information content (AvgIpc) is 3.46. The molecule has 1 saturated heterocycles. The molecular formula is C25H24BrN3O5. The first kappa shape index (κ1) is 23.6. The lowest BCUT2D eigenvalue weighted by molar-refractivity contribution is -0.139. The maximum Gasteiger partial charge on any atom is 0.295 e. The first-order chi connectivity index (χ1) is 16.4. The minimum absolute atomic E-state index is 0.0437. The third-order valence-corrected chi connectivity index (χ3v) is 6.28. The van der Waals surface area contributed by atoms with Gasteiger partial charge in [-0.15, -0.1) is 0 Å². The average molecular weight is 526 g/mol. The van der Waals surface area contributed by atoms with Gasteiger partial charge in [0.15, 0.2) is 11.5 Å². The summed E-state index contributed by atoms with van der Waals surface area (Å²) in [5.74, 6) is -0.599. The summed E-state index contributed by atoms with van der Waals surface area (Å²) in [6.45, 7) is 0.952. The summed E-state index contributed by atoms with van der Waals surface area (Å²) < 4.78 is 13.5. The van der Waals surface area contributed by atoms with Crippen molar-refractivity contribution in [1.82, 2.24) is 14.5 Å². The van der Waals surface area contributed by atoms with Crippen molar-refractivity contribution in [2.75, 3.05) is 20.8 Å². The number of hydrogen-bond donors (Lipinski definition) is 1.